The first-order chi connectivity index (χ1) is 16.5. The number of ether oxygens (including phenoxy) is 1. The van der Waals surface area contributed by atoms with Crippen molar-refractivity contribution in [3.05, 3.63) is 11.6 Å². The largest absolute Gasteiger partial charge is 0.481 e. The third-order valence-electron chi connectivity index (χ3n) is 13.4. The van der Waals surface area contributed by atoms with Gasteiger partial charge in [0.2, 0.25) is 0 Å². The second-order valence-electron chi connectivity index (χ2n) is 15.6. The number of carbonyl (C=O) groups is 2. The van der Waals surface area contributed by atoms with Crippen LogP contribution in [0.15, 0.2) is 11.6 Å². The van der Waals surface area contributed by atoms with E-state index in [0.717, 1.165) is 25.7 Å². The van der Waals surface area contributed by atoms with E-state index in [-0.39, 0.29) is 28.1 Å². The maximum Gasteiger partial charge on any atom is 0.313 e. The van der Waals surface area contributed by atoms with Crippen molar-refractivity contribution in [2.24, 2.45) is 50.2 Å². The summed E-state index contributed by atoms with van der Waals surface area (Å²) >= 11 is 0. The molecule has 0 aromatic carbocycles. The molecule has 0 aromatic heterocycles. The number of aliphatic carboxylic acids is 1. The first-order valence-electron chi connectivity index (χ1n) is 14.6. The third-order valence-corrected chi connectivity index (χ3v) is 13.4. The summed E-state index contributed by atoms with van der Waals surface area (Å²) in [5, 5.41) is 10.5. The Morgan fingerprint density at radius 1 is 0.889 bits per heavy atom. The molecule has 4 nitrogen and oxygen atoms in total. The third kappa shape index (κ3) is 3.30. The fraction of sp³-hybridized carbons (Fsp3) is 0.875. The minimum absolute atomic E-state index is 0.0136. The van der Waals surface area contributed by atoms with E-state index in [1.54, 1.807) is 5.57 Å². The standard InChI is InChI=1S/C32H50O4/c1-20(33)36-25-12-13-29(5)23-10-9-21-22-19-27(2,3)15-16-28(22,4)17-18-30(21,6)31(23,7)14-11-24(29)32(25,8)26(34)35/h9,22-25H,10-19H2,1-8H3,(H,34,35)/t22-,23+,24+,25+,28+,29+,30+,31+,32-/m0/s1. The molecule has 202 valence electrons. The lowest BCUT2D eigenvalue weighted by atomic mass is 9.33. The van der Waals surface area contributed by atoms with Gasteiger partial charge < -0.3 is 9.84 Å². The van der Waals surface area contributed by atoms with E-state index in [9.17, 15) is 14.7 Å². The predicted octanol–water partition coefficient (Wildman–Crippen LogP) is 7.80. The zero-order chi connectivity index (χ0) is 26.5. The fourth-order valence-corrected chi connectivity index (χ4v) is 10.9. The maximum atomic E-state index is 12.8. The lowest BCUT2D eigenvalue weighted by Gasteiger charge is -2.71. The molecule has 0 heterocycles. The minimum atomic E-state index is -1.04. The fourth-order valence-electron chi connectivity index (χ4n) is 10.9. The Labute approximate surface area is 219 Å². The van der Waals surface area contributed by atoms with Gasteiger partial charge in [-0.15, -0.1) is 0 Å². The SMILES string of the molecule is CC(=O)O[C@@H]1CC[C@@]2(C)[C@@H](CC[C@]3(C)[C@@H]2CC=C2[C@@H]4CC(C)(C)CC[C@]4(C)CC[C@]23C)[C@]1(C)C(=O)O. The predicted molar refractivity (Wildman–Crippen MR) is 142 cm³/mol. The highest BCUT2D eigenvalue weighted by Gasteiger charge is 2.70. The number of carboxylic acids is 1. The van der Waals surface area contributed by atoms with Gasteiger partial charge in [-0.3, -0.25) is 9.59 Å². The lowest BCUT2D eigenvalue weighted by molar-refractivity contribution is -0.222. The minimum Gasteiger partial charge on any atom is -0.481 e. The second-order valence-corrected chi connectivity index (χ2v) is 15.6. The molecule has 0 bridgehead atoms. The van der Waals surface area contributed by atoms with Gasteiger partial charge in [-0.1, -0.05) is 53.2 Å². The number of rotatable bonds is 2. The Morgan fingerprint density at radius 3 is 2.19 bits per heavy atom. The molecule has 0 spiro atoms. The summed E-state index contributed by atoms with van der Waals surface area (Å²) in [6.07, 6.45) is 13.3. The number of hydrogen-bond acceptors (Lipinski definition) is 3. The molecule has 0 amide bonds. The number of esters is 1. The van der Waals surface area contributed by atoms with Gasteiger partial charge >= 0.3 is 11.9 Å². The van der Waals surface area contributed by atoms with E-state index in [0.29, 0.717) is 29.1 Å². The number of carboxylic acid groups (broad SMARTS) is 1. The van der Waals surface area contributed by atoms with Crippen LogP contribution in [0.1, 0.15) is 120 Å². The molecule has 0 unspecified atom stereocenters. The molecule has 5 aliphatic rings. The molecule has 4 fully saturated rings. The van der Waals surface area contributed by atoms with E-state index in [1.165, 1.54) is 39.0 Å². The van der Waals surface area contributed by atoms with Gasteiger partial charge in [0.05, 0.1) is 0 Å². The Balaban J connectivity index is 1.56. The van der Waals surface area contributed by atoms with Gasteiger partial charge in [0, 0.05) is 6.92 Å². The van der Waals surface area contributed by atoms with Crippen molar-refractivity contribution in [2.45, 2.75) is 126 Å². The molecule has 0 aromatic rings. The van der Waals surface area contributed by atoms with Crippen molar-refractivity contribution in [1.29, 1.82) is 0 Å². The van der Waals surface area contributed by atoms with Crippen LogP contribution in [0.25, 0.3) is 0 Å². The molecule has 4 heteroatoms. The summed E-state index contributed by atoms with van der Waals surface area (Å²) in [5.41, 5.74) is 1.81. The van der Waals surface area contributed by atoms with Crippen LogP contribution in [0.3, 0.4) is 0 Å². The van der Waals surface area contributed by atoms with Crippen LogP contribution in [0.5, 0.6) is 0 Å². The molecule has 5 rings (SSSR count). The Morgan fingerprint density at radius 2 is 1.56 bits per heavy atom. The zero-order valence-corrected chi connectivity index (χ0v) is 24.1. The Kier molecular flexibility index (Phi) is 5.74. The van der Waals surface area contributed by atoms with Crippen LogP contribution in [-0.4, -0.2) is 23.1 Å². The topological polar surface area (TPSA) is 63.6 Å². The molecule has 1 N–H and O–H groups in total. The van der Waals surface area contributed by atoms with Gasteiger partial charge in [0.15, 0.2) is 0 Å². The first-order valence-corrected chi connectivity index (χ1v) is 14.6. The van der Waals surface area contributed by atoms with Gasteiger partial charge in [-0.25, -0.2) is 0 Å². The normalized spacial score (nSPS) is 51.5. The zero-order valence-electron chi connectivity index (χ0n) is 24.1. The number of carbonyl (C=O) groups excluding carboxylic acids is 1. The summed E-state index contributed by atoms with van der Waals surface area (Å²) < 4.78 is 5.69. The van der Waals surface area contributed by atoms with Crippen LogP contribution in [0.2, 0.25) is 0 Å². The van der Waals surface area contributed by atoms with E-state index < -0.39 is 17.5 Å². The molecule has 9 atom stereocenters. The summed E-state index contributed by atoms with van der Waals surface area (Å²) in [6.45, 7) is 18.3. The van der Waals surface area contributed by atoms with Crippen LogP contribution in [0, 0.1) is 50.2 Å². The highest BCUT2D eigenvalue weighted by Crippen LogP contribution is 2.75. The Hall–Kier alpha value is -1.32. The van der Waals surface area contributed by atoms with Gasteiger partial charge in [-0.05, 0) is 116 Å². The van der Waals surface area contributed by atoms with Crippen molar-refractivity contribution in [3.63, 3.8) is 0 Å². The van der Waals surface area contributed by atoms with E-state index in [4.69, 9.17) is 4.74 Å². The molecule has 0 radical (unpaired) electrons. The summed E-state index contributed by atoms with van der Waals surface area (Å²) in [5.74, 6) is -0.0260. The average molecular weight is 499 g/mol. The first kappa shape index (κ1) is 26.3. The van der Waals surface area contributed by atoms with Crippen molar-refractivity contribution in [3.8, 4) is 0 Å². The second kappa shape index (κ2) is 7.85. The van der Waals surface area contributed by atoms with Crippen LogP contribution in [-0.2, 0) is 14.3 Å². The average Bonchev–Trinajstić information content (AvgIpc) is 2.77. The lowest BCUT2D eigenvalue weighted by Crippen LogP contribution is -2.66. The highest BCUT2D eigenvalue weighted by molar-refractivity contribution is 5.77. The van der Waals surface area contributed by atoms with Crippen molar-refractivity contribution in [1.82, 2.24) is 0 Å². The number of allylic oxidation sites excluding steroid dienone is 2. The molecule has 0 saturated heterocycles. The maximum absolute atomic E-state index is 12.8. The van der Waals surface area contributed by atoms with Crippen molar-refractivity contribution in [2.75, 3.05) is 0 Å². The van der Waals surface area contributed by atoms with Crippen LogP contribution >= 0.6 is 0 Å². The molecular formula is C32H50O4. The monoisotopic (exact) mass is 498 g/mol. The van der Waals surface area contributed by atoms with E-state index in [2.05, 4.69) is 47.6 Å². The van der Waals surface area contributed by atoms with E-state index >= 15 is 0 Å². The van der Waals surface area contributed by atoms with Gasteiger partial charge in [-0.2, -0.15) is 0 Å². The molecule has 5 aliphatic carbocycles. The quantitative estimate of drug-likeness (QED) is 0.311. The molecule has 36 heavy (non-hydrogen) atoms. The Bertz CT molecular complexity index is 996. The molecular weight excluding hydrogens is 448 g/mol. The highest BCUT2D eigenvalue weighted by atomic mass is 16.5. The molecule has 4 saturated carbocycles. The van der Waals surface area contributed by atoms with Crippen molar-refractivity contribution >= 4 is 11.9 Å². The van der Waals surface area contributed by atoms with Crippen molar-refractivity contribution < 1.29 is 19.4 Å². The van der Waals surface area contributed by atoms with E-state index in [1.807, 2.05) is 6.92 Å². The van der Waals surface area contributed by atoms with Crippen LogP contribution < -0.4 is 0 Å². The number of hydrogen-bond donors (Lipinski definition) is 1. The smallest absolute Gasteiger partial charge is 0.313 e. The summed E-state index contributed by atoms with van der Waals surface area (Å²) in [4.78, 5) is 24.8. The summed E-state index contributed by atoms with van der Waals surface area (Å²) in [6, 6.07) is 0. The summed E-state index contributed by atoms with van der Waals surface area (Å²) in [7, 11) is 0. The number of fused-ring (bicyclic) bond motifs is 7. The molecule has 0 aliphatic heterocycles. The van der Waals surface area contributed by atoms with Gasteiger partial charge in [0.1, 0.15) is 11.5 Å². The van der Waals surface area contributed by atoms with Crippen LogP contribution in [0.4, 0.5) is 0 Å². The van der Waals surface area contributed by atoms with Gasteiger partial charge in [0.25, 0.3) is 0 Å².